The molecular weight excluding hydrogens is 386 g/mol. The summed E-state index contributed by atoms with van der Waals surface area (Å²) in [5.74, 6) is 1.22. The van der Waals surface area contributed by atoms with E-state index in [1.54, 1.807) is 18.5 Å². The van der Waals surface area contributed by atoms with Crippen LogP contribution >= 0.6 is 11.8 Å². The van der Waals surface area contributed by atoms with Gasteiger partial charge in [-0.1, -0.05) is 36.4 Å². The van der Waals surface area contributed by atoms with Crippen LogP contribution in [0.15, 0.2) is 54.9 Å². The number of hydrogen-bond acceptors (Lipinski definition) is 5. The molecule has 2 aromatic rings. The minimum absolute atomic E-state index is 0.0183. The molecule has 2 aliphatic rings. The predicted octanol–water partition coefficient (Wildman–Crippen LogP) is 2.24. The number of imide groups is 1. The molecule has 2 fully saturated rings. The second-order valence-corrected chi connectivity index (χ2v) is 8.67. The lowest BCUT2D eigenvalue weighted by atomic mass is 9.75. The van der Waals surface area contributed by atoms with Gasteiger partial charge in [0.1, 0.15) is 0 Å². The lowest BCUT2D eigenvalue weighted by Crippen LogP contribution is -2.45. The molecule has 3 amide bonds. The maximum absolute atomic E-state index is 13.6. The summed E-state index contributed by atoms with van der Waals surface area (Å²) in [5.41, 5.74) is 0.381. The van der Waals surface area contributed by atoms with Gasteiger partial charge in [-0.25, -0.2) is 0 Å². The first kappa shape index (κ1) is 19.6. The van der Waals surface area contributed by atoms with Gasteiger partial charge in [0.15, 0.2) is 0 Å². The molecule has 0 bridgehead atoms. The normalized spacial score (nSPS) is 22.2. The van der Waals surface area contributed by atoms with Crippen molar-refractivity contribution in [3.63, 3.8) is 0 Å². The molecule has 4 rings (SSSR count). The zero-order valence-electron chi connectivity index (χ0n) is 16.1. The Morgan fingerprint density at radius 2 is 1.83 bits per heavy atom. The van der Waals surface area contributed by atoms with E-state index in [-0.39, 0.29) is 37.1 Å². The number of rotatable bonds is 5. The number of pyridine rings is 1. The Morgan fingerprint density at radius 1 is 1.07 bits per heavy atom. The standard InChI is InChI=1S/C22H23N3O3S/c26-19(24-9-11-29-12-10-24)13-22(18-6-2-1-3-7-18)14-20(27)25(21(22)28)16-17-5-4-8-23-15-17/h1-8,15H,9-14,16H2/t22-/m0/s1. The average Bonchev–Trinajstić information content (AvgIpc) is 3.00. The van der Waals surface area contributed by atoms with Gasteiger partial charge in [0.2, 0.25) is 17.7 Å². The average molecular weight is 410 g/mol. The quantitative estimate of drug-likeness (QED) is 0.709. The van der Waals surface area contributed by atoms with Crippen LogP contribution in [0.2, 0.25) is 0 Å². The number of hydrogen-bond donors (Lipinski definition) is 0. The van der Waals surface area contributed by atoms with E-state index in [0.717, 1.165) is 22.6 Å². The Balaban J connectivity index is 1.65. The fourth-order valence-corrected chi connectivity index (χ4v) is 4.94. The Labute approximate surface area is 174 Å². The van der Waals surface area contributed by atoms with Crippen molar-refractivity contribution in [1.82, 2.24) is 14.8 Å². The van der Waals surface area contributed by atoms with Gasteiger partial charge in [-0.2, -0.15) is 11.8 Å². The van der Waals surface area contributed by atoms with Crippen LogP contribution < -0.4 is 0 Å². The monoisotopic (exact) mass is 409 g/mol. The number of aromatic nitrogens is 1. The molecular formula is C22H23N3O3S. The van der Waals surface area contributed by atoms with Crippen LogP contribution in [0.5, 0.6) is 0 Å². The number of thioether (sulfide) groups is 1. The van der Waals surface area contributed by atoms with Gasteiger partial charge in [0.05, 0.1) is 12.0 Å². The maximum atomic E-state index is 13.6. The number of likely N-dealkylation sites (tertiary alicyclic amines) is 1. The molecule has 29 heavy (non-hydrogen) atoms. The van der Waals surface area contributed by atoms with Gasteiger partial charge in [0, 0.05) is 49.8 Å². The lowest BCUT2D eigenvalue weighted by molar-refractivity contribution is -0.143. The number of benzene rings is 1. The fraction of sp³-hybridized carbons (Fsp3) is 0.364. The third-order valence-corrected chi connectivity index (χ3v) is 6.56. The van der Waals surface area contributed by atoms with E-state index in [9.17, 15) is 14.4 Å². The van der Waals surface area contributed by atoms with Gasteiger partial charge in [0.25, 0.3) is 0 Å². The molecule has 1 aromatic carbocycles. The summed E-state index contributed by atoms with van der Waals surface area (Å²) in [4.78, 5) is 46.7. The molecule has 6 nitrogen and oxygen atoms in total. The Bertz CT molecular complexity index is 900. The van der Waals surface area contributed by atoms with Crippen LogP contribution in [-0.2, 0) is 26.3 Å². The number of amides is 3. The topological polar surface area (TPSA) is 70.6 Å². The first-order chi connectivity index (χ1) is 14.1. The first-order valence-electron chi connectivity index (χ1n) is 9.75. The van der Waals surface area contributed by atoms with Gasteiger partial charge in [-0.15, -0.1) is 0 Å². The third kappa shape index (κ3) is 3.92. The van der Waals surface area contributed by atoms with E-state index in [1.165, 1.54) is 4.90 Å². The number of nitrogens with zero attached hydrogens (tertiary/aromatic N) is 3. The molecule has 2 saturated heterocycles. The van der Waals surface area contributed by atoms with Crippen LogP contribution in [0.25, 0.3) is 0 Å². The summed E-state index contributed by atoms with van der Waals surface area (Å²) in [5, 5.41) is 0. The molecule has 0 aliphatic carbocycles. The van der Waals surface area contributed by atoms with E-state index in [0.29, 0.717) is 13.1 Å². The molecule has 0 unspecified atom stereocenters. The highest BCUT2D eigenvalue weighted by atomic mass is 32.2. The molecule has 0 N–H and O–H groups in total. The summed E-state index contributed by atoms with van der Waals surface area (Å²) >= 11 is 1.83. The molecule has 0 spiro atoms. The minimum Gasteiger partial charge on any atom is -0.341 e. The summed E-state index contributed by atoms with van der Waals surface area (Å²) in [6.45, 7) is 1.56. The molecule has 1 aromatic heterocycles. The smallest absolute Gasteiger partial charge is 0.241 e. The molecule has 0 radical (unpaired) electrons. The van der Waals surface area contributed by atoms with Crippen molar-refractivity contribution in [2.75, 3.05) is 24.6 Å². The zero-order chi connectivity index (χ0) is 20.3. The van der Waals surface area contributed by atoms with Crippen LogP contribution in [0.4, 0.5) is 0 Å². The van der Waals surface area contributed by atoms with Crippen molar-refractivity contribution in [1.29, 1.82) is 0 Å². The molecule has 0 saturated carbocycles. The summed E-state index contributed by atoms with van der Waals surface area (Å²) in [6, 6.07) is 12.9. The van der Waals surface area contributed by atoms with Crippen molar-refractivity contribution in [2.45, 2.75) is 24.8 Å². The Kier molecular flexibility index (Phi) is 5.67. The highest BCUT2D eigenvalue weighted by molar-refractivity contribution is 7.99. The highest BCUT2D eigenvalue weighted by Crippen LogP contribution is 2.41. The Morgan fingerprint density at radius 3 is 2.52 bits per heavy atom. The molecule has 2 aliphatic heterocycles. The van der Waals surface area contributed by atoms with Gasteiger partial charge < -0.3 is 4.90 Å². The first-order valence-corrected chi connectivity index (χ1v) is 10.9. The van der Waals surface area contributed by atoms with Gasteiger partial charge >= 0.3 is 0 Å². The van der Waals surface area contributed by atoms with E-state index in [1.807, 2.05) is 53.1 Å². The van der Waals surface area contributed by atoms with Crippen LogP contribution in [-0.4, -0.2) is 57.1 Å². The largest absolute Gasteiger partial charge is 0.341 e. The van der Waals surface area contributed by atoms with E-state index >= 15 is 0 Å². The van der Waals surface area contributed by atoms with Crippen molar-refractivity contribution in [3.8, 4) is 0 Å². The molecule has 1 atom stereocenters. The van der Waals surface area contributed by atoms with Crippen molar-refractivity contribution >= 4 is 29.5 Å². The number of carbonyl (C=O) groups excluding carboxylic acids is 3. The molecule has 3 heterocycles. The third-order valence-electron chi connectivity index (χ3n) is 5.62. The summed E-state index contributed by atoms with van der Waals surface area (Å²) in [6.07, 6.45) is 3.35. The van der Waals surface area contributed by atoms with E-state index in [4.69, 9.17) is 0 Å². The van der Waals surface area contributed by atoms with Gasteiger partial charge in [-0.05, 0) is 17.2 Å². The summed E-state index contributed by atoms with van der Waals surface area (Å²) in [7, 11) is 0. The number of carbonyl (C=O) groups is 3. The molecule has 7 heteroatoms. The predicted molar refractivity (Wildman–Crippen MR) is 111 cm³/mol. The SMILES string of the molecule is O=C(C[C@@]1(c2ccccc2)CC(=O)N(Cc2cccnc2)C1=O)N1CCSCC1. The Hall–Kier alpha value is -2.67. The van der Waals surface area contributed by atoms with Crippen LogP contribution in [0, 0.1) is 0 Å². The van der Waals surface area contributed by atoms with E-state index < -0.39 is 5.41 Å². The van der Waals surface area contributed by atoms with E-state index in [2.05, 4.69) is 4.98 Å². The summed E-state index contributed by atoms with van der Waals surface area (Å²) < 4.78 is 0. The fourth-order valence-electron chi connectivity index (χ4n) is 4.04. The highest BCUT2D eigenvalue weighted by Gasteiger charge is 2.54. The van der Waals surface area contributed by atoms with Crippen molar-refractivity contribution in [3.05, 3.63) is 66.0 Å². The van der Waals surface area contributed by atoms with Crippen molar-refractivity contribution in [2.24, 2.45) is 0 Å². The lowest BCUT2D eigenvalue weighted by Gasteiger charge is -2.32. The zero-order valence-corrected chi connectivity index (χ0v) is 16.9. The maximum Gasteiger partial charge on any atom is 0.241 e. The van der Waals surface area contributed by atoms with Crippen molar-refractivity contribution < 1.29 is 14.4 Å². The van der Waals surface area contributed by atoms with Crippen LogP contribution in [0.1, 0.15) is 24.0 Å². The molecule has 150 valence electrons. The van der Waals surface area contributed by atoms with Crippen LogP contribution in [0.3, 0.4) is 0 Å². The second kappa shape index (κ2) is 8.37. The second-order valence-electron chi connectivity index (χ2n) is 7.44. The minimum atomic E-state index is -1.14. The van der Waals surface area contributed by atoms with Gasteiger partial charge in [-0.3, -0.25) is 24.3 Å².